The fourth-order valence-electron chi connectivity index (χ4n) is 1.50. The molecule has 0 rings (SSSR count). The molecule has 0 saturated carbocycles. The lowest BCUT2D eigenvalue weighted by atomic mass is 10.1. The first kappa shape index (κ1) is 16.0. The Bertz CT molecular complexity index is 229. The molecule has 0 heterocycles. The molecule has 0 bridgehead atoms. The number of allylic oxidation sites excluding steroid dienone is 4. The van der Waals surface area contributed by atoms with Crippen LogP contribution in [-0.2, 0) is 9.53 Å². The van der Waals surface area contributed by atoms with Gasteiger partial charge in [0.2, 0.25) is 0 Å². The summed E-state index contributed by atoms with van der Waals surface area (Å²) in [4.78, 5) is 11.3. The van der Waals surface area contributed by atoms with Crippen molar-refractivity contribution in [3.8, 4) is 0 Å². The largest absolute Gasteiger partial charge is 0.466 e. The van der Waals surface area contributed by atoms with Gasteiger partial charge in [-0.3, -0.25) is 4.79 Å². The van der Waals surface area contributed by atoms with Crippen LogP contribution in [0.15, 0.2) is 24.3 Å². The van der Waals surface area contributed by atoms with Crippen molar-refractivity contribution < 1.29 is 9.53 Å². The minimum Gasteiger partial charge on any atom is -0.466 e. The van der Waals surface area contributed by atoms with Crippen molar-refractivity contribution in [1.29, 1.82) is 0 Å². The van der Waals surface area contributed by atoms with Gasteiger partial charge in [0.25, 0.3) is 0 Å². The quantitative estimate of drug-likeness (QED) is 0.320. The van der Waals surface area contributed by atoms with Gasteiger partial charge >= 0.3 is 5.97 Å². The van der Waals surface area contributed by atoms with Crippen LogP contribution in [0.4, 0.5) is 0 Å². The lowest BCUT2D eigenvalue weighted by Gasteiger charge is -2.03. The molecule has 0 aliphatic carbocycles. The average molecular weight is 238 g/mol. The molecule has 2 nitrogen and oxygen atoms in total. The molecule has 0 fully saturated rings. The van der Waals surface area contributed by atoms with E-state index in [1.165, 1.54) is 6.42 Å². The van der Waals surface area contributed by atoms with E-state index in [4.69, 9.17) is 4.74 Å². The summed E-state index contributed by atoms with van der Waals surface area (Å²) in [6.07, 6.45) is 15.2. The molecule has 0 aliphatic heterocycles. The van der Waals surface area contributed by atoms with Gasteiger partial charge in [0, 0.05) is 6.42 Å². The van der Waals surface area contributed by atoms with E-state index in [1.807, 2.05) is 19.9 Å². The first-order chi connectivity index (χ1) is 8.31. The fourth-order valence-corrected chi connectivity index (χ4v) is 1.50. The molecule has 0 aromatic heterocycles. The summed E-state index contributed by atoms with van der Waals surface area (Å²) in [5.41, 5.74) is 0. The topological polar surface area (TPSA) is 26.3 Å². The molecule has 0 aromatic carbocycles. The molecule has 0 saturated heterocycles. The van der Waals surface area contributed by atoms with Gasteiger partial charge in [-0.05, 0) is 46.0 Å². The first-order valence-electron chi connectivity index (χ1n) is 6.69. The highest BCUT2D eigenvalue weighted by Crippen LogP contribution is 2.05. The minimum atomic E-state index is -0.0449. The van der Waals surface area contributed by atoms with Crippen LogP contribution in [0.1, 0.15) is 58.8 Å². The van der Waals surface area contributed by atoms with E-state index in [9.17, 15) is 4.79 Å². The van der Waals surface area contributed by atoms with Crippen molar-refractivity contribution in [2.75, 3.05) is 6.61 Å². The summed E-state index contributed by atoms with van der Waals surface area (Å²) in [5.74, 6) is -0.0449. The zero-order valence-electron chi connectivity index (χ0n) is 11.3. The molecule has 2 heteroatoms. The number of unbranched alkanes of at least 4 members (excludes halogenated alkanes) is 4. The summed E-state index contributed by atoms with van der Waals surface area (Å²) < 4.78 is 5.13. The molecule has 17 heavy (non-hydrogen) atoms. The summed E-state index contributed by atoms with van der Waals surface area (Å²) in [7, 11) is 0. The van der Waals surface area contributed by atoms with Crippen molar-refractivity contribution in [1.82, 2.24) is 0 Å². The number of rotatable bonds is 10. The van der Waals surface area contributed by atoms with Crippen LogP contribution in [-0.4, -0.2) is 12.6 Å². The monoisotopic (exact) mass is 238 g/mol. The number of carbonyl (C=O) groups excluding carboxylic acids is 1. The molecule has 0 radical (unpaired) electrons. The van der Waals surface area contributed by atoms with E-state index >= 15 is 0 Å². The highest BCUT2D eigenvalue weighted by molar-refractivity contribution is 5.69. The van der Waals surface area contributed by atoms with Crippen LogP contribution in [0.3, 0.4) is 0 Å². The lowest BCUT2D eigenvalue weighted by molar-refractivity contribution is -0.143. The third kappa shape index (κ3) is 12.9. The molecule has 98 valence electrons. The lowest BCUT2D eigenvalue weighted by Crippen LogP contribution is -2.05. The molecule has 0 N–H and O–H groups in total. The standard InChI is InChI=1S/C15H26O2/c1-3-5-7-9-10-11-13-15(16)17-14-12-8-6-4-2/h3-6H,7-14H2,1-2H3/b5-3+,6-4+. The van der Waals surface area contributed by atoms with Gasteiger partial charge in [-0.25, -0.2) is 0 Å². The second-order valence-corrected chi connectivity index (χ2v) is 4.10. The number of carbonyl (C=O) groups is 1. The highest BCUT2D eigenvalue weighted by atomic mass is 16.5. The molecule has 0 aliphatic rings. The molecular weight excluding hydrogens is 212 g/mol. The van der Waals surface area contributed by atoms with Crippen molar-refractivity contribution in [2.45, 2.75) is 58.8 Å². The van der Waals surface area contributed by atoms with Crippen molar-refractivity contribution in [3.05, 3.63) is 24.3 Å². The van der Waals surface area contributed by atoms with Gasteiger partial charge in [0.15, 0.2) is 0 Å². The molecular formula is C15H26O2. The summed E-state index contributed by atoms with van der Waals surface area (Å²) in [6.45, 7) is 4.59. The number of esters is 1. The van der Waals surface area contributed by atoms with Crippen molar-refractivity contribution in [2.24, 2.45) is 0 Å². The zero-order chi connectivity index (χ0) is 12.8. The van der Waals surface area contributed by atoms with Crippen LogP contribution in [0.25, 0.3) is 0 Å². The van der Waals surface area contributed by atoms with E-state index in [2.05, 4.69) is 18.2 Å². The SMILES string of the molecule is C/C=C/CCCCCC(=O)OCCC/C=C/C. The fraction of sp³-hybridized carbons (Fsp3) is 0.667. The zero-order valence-corrected chi connectivity index (χ0v) is 11.3. The number of hydrogen-bond acceptors (Lipinski definition) is 2. The van der Waals surface area contributed by atoms with E-state index in [0.29, 0.717) is 13.0 Å². The van der Waals surface area contributed by atoms with Gasteiger partial charge < -0.3 is 4.74 Å². The van der Waals surface area contributed by atoms with Crippen LogP contribution in [0.2, 0.25) is 0 Å². The predicted octanol–water partition coefficient (Wildman–Crippen LogP) is 4.41. The number of ether oxygens (including phenoxy) is 1. The van der Waals surface area contributed by atoms with Gasteiger partial charge in [0.05, 0.1) is 6.61 Å². The van der Waals surface area contributed by atoms with Crippen molar-refractivity contribution >= 4 is 5.97 Å². The van der Waals surface area contributed by atoms with E-state index in [0.717, 1.165) is 32.1 Å². The Hall–Kier alpha value is -1.05. The van der Waals surface area contributed by atoms with E-state index in [-0.39, 0.29) is 5.97 Å². The average Bonchev–Trinajstić information content (AvgIpc) is 2.33. The van der Waals surface area contributed by atoms with Crippen LogP contribution >= 0.6 is 0 Å². The van der Waals surface area contributed by atoms with E-state index in [1.54, 1.807) is 0 Å². The van der Waals surface area contributed by atoms with Crippen molar-refractivity contribution in [3.63, 3.8) is 0 Å². The van der Waals surface area contributed by atoms with Crippen LogP contribution in [0.5, 0.6) is 0 Å². The Kier molecular flexibility index (Phi) is 12.2. The predicted molar refractivity (Wildman–Crippen MR) is 72.9 cm³/mol. The molecule has 0 atom stereocenters. The van der Waals surface area contributed by atoms with Gasteiger partial charge in [0.1, 0.15) is 0 Å². The molecule has 0 amide bonds. The van der Waals surface area contributed by atoms with E-state index < -0.39 is 0 Å². The summed E-state index contributed by atoms with van der Waals surface area (Å²) >= 11 is 0. The van der Waals surface area contributed by atoms with Gasteiger partial charge in [-0.2, -0.15) is 0 Å². The second-order valence-electron chi connectivity index (χ2n) is 4.10. The normalized spacial score (nSPS) is 11.4. The van der Waals surface area contributed by atoms with Crippen LogP contribution < -0.4 is 0 Å². The summed E-state index contributed by atoms with van der Waals surface area (Å²) in [6, 6.07) is 0. The Morgan fingerprint density at radius 2 is 1.59 bits per heavy atom. The maximum absolute atomic E-state index is 11.3. The third-order valence-corrected chi connectivity index (χ3v) is 2.50. The number of hydrogen-bond donors (Lipinski definition) is 0. The van der Waals surface area contributed by atoms with Crippen LogP contribution in [0, 0.1) is 0 Å². The third-order valence-electron chi connectivity index (χ3n) is 2.50. The maximum atomic E-state index is 11.3. The molecule has 0 unspecified atom stereocenters. The van der Waals surface area contributed by atoms with Gasteiger partial charge in [-0.15, -0.1) is 0 Å². The molecule has 0 spiro atoms. The molecule has 0 aromatic rings. The van der Waals surface area contributed by atoms with Gasteiger partial charge in [-0.1, -0.05) is 30.7 Å². The smallest absolute Gasteiger partial charge is 0.305 e. The highest BCUT2D eigenvalue weighted by Gasteiger charge is 2.01. The maximum Gasteiger partial charge on any atom is 0.305 e. The Labute approximate surface area is 106 Å². The minimum absolute atomic E-state index is 0.0449. The first-order valence-corrected chi connectivity index (χ1v) is 6.69. The summed E-state index contributed by atoms with van der Waals surface area (Å²) in [5, 5.41) is 0. The Balaban J connectivity index is 3.23. The second kappa shape index (κ2) is 13.0. The Morgan fingerprint density at radius 1 is 0.941 bits per heavy atom. The Morgan fingerprint density at radius 3 is 2.24 bits per heavy atom.